The van der Waals surface area contributed by atoms with Crippen LogP contribution in [0.15, 0.2) is 36.7 Å². The van der Waals surface area contributed by atoms with Gasteiger partial charge in [-0.05, 0) is 43.5 Å². The van der Waals surface area contributed by atoms with Crippen LogP contribution in [-0.2, 0) is 0 Å². The van der Waals surface area contributed by atoms with Gasteiger partial charge >= 0.3 is 6.03 Å². The number of likely N-dealkylation sites (tertiary alicyclic amines) is 1. The molecule has 0 radical (unpaired) electrons. The number of halogens is 2. The van der Waals surface area contributed by atoms with Gasteiger partial charge in [-0.25, -0.2) is 23.1 Å². The summed E-state index contributed by atoms with van der Waals surface area (Å²) in [5, 5.41) is 16.7. The van der Waals surface area contributed by atoms with Crippen molar-refractivity contribution in [3.05, 3.63) is 53.9 Å². The highest BCUT2D eigenvalue weighted by Crippen LogP contribution is 2.37. The molecule has 0 unspecified atom stereocenters. The molecule has 10 heteroatoms. The molecule has 2 amide bonds. The Labute approximate surface area is 181 Å². The molecule has 2 saturated heterocycles. The van der Waals surface area contributed by atoms with Gasteiger partial charge in [-0.2, -0.15) is 5.10 Å². The van der Waals surface area contributed by atoms with E-state index in [1.165, 1.54) is 16.8 Å². The van der Waals surface area contributed by atoms with Gasteiger partial charge in [-0.1, -0.05) is 0 Å². The number of anilines is 2. The number of hydrogen-bond acceptors (Lipinski definition) is 5. The van der Waals surface area contributed by atoms with E-state index in [1.54, 1.807) is 12.3 Å². The number of rotatable bonds is 3. The monoisotopic (exact) mass is 431 g/mol. The van der Waals surface area contributed by atoms with Gasteiger partial charge in [0.2, 0.25) is 0 Å². The van der Waals surface area contributed by atoms with Gasteiger partial charge in [0.15, 0.2) is 5.65 Å². The van der Waals surface area contributed by atoms with Gasteiger partial charge < -0.3 is 20.2 Å². The number of amides is 2. The first-order chi connectivity index (χ1) is 16.1. The van der Waals surface area contributed by atoms with E-state index in [-0.39, 0.29) is 11.3 Å². The molecule has 162 valence electrons. The van der Waals surface area contributed by atoms with Crippen LogP contribution < -0.4 is 10.2 Å². The molecule has 0 aliphatic carbocycles. The number of carbonyl (C=O) groups is 1. The molecule has 5 rings (SSSR count). The van der Waals surface area contributed by atoms with Crippen molar-refractivity contribution in [1.82, 2.24) is 19.5 Å². The smallest absolute Gasteiger partial charge is 0.322 e. The topological polar surface area (TPSA) is 86.0 Å². The number of hydrogen-bond donors (Lipinski definition) is 2. The summed E-state index contributed by atoms with van der Waals surface area (Å²) in [4.78, 5) is 20.2. The number of fused-ring (bicyclic) bond motifs is 1. The number of carbonyl (C=O) groups excluding carboxylic acids is 1. The molecule has 0 bridgehead atoms. The highest BCUT2D eigenvalue weighted by molar-refractivity contribution is 5.93. The Morgan fingerprint density at radius 2 is 2.19 bits per heavy atom. The van der Waals surface area contributed by atoms with Crippen LogP contribution in [0.25, 0.3) is 5.65 Å². The summed E-state index contributed by atoms with van der Waals surface area (Å²) in [6.45, 7) is -0.339. The van der Waals surface area contributed by atoms with E-state index in [9.17, 15) is 18.7 Å². The number of aliphatic hydroxyl groups is 1. The molecule has 4 heterocycles. The molecule has 8 nitrogen and oxygen atoms in total. The second-order valence-corrected chi connectivity index (χ2v) is 7.54. The number of benzene rings is 1. The molecule has 1 aromatic carbocycles. The molecular weight excluding hydrogens is 406 g/mol. The molecule has 0 spiro atoms. The van der Waals surface area contributed by atoms with Crippen molar-refractivity contribution >= 4 is 23.2 Å². The Balaban J connectivity index is 1.41. The minimum atomic E-state index is -2.41. The van der Waals surface area contributed by atoms with E-state index >= 15 is 0 Å². The summed E-state index contributed by atoms with van der Waals surface area (Å²) in [6.07, 6.45) is -0.259. The third-order valence-electron chi connectivity index (χ3n) is 5.56. The van der Waals surface area contributed by atoms with Crippen LogP contribution in [0, 0.1) is 11.6 Å². The standard InChI is InChI=1S/C21H22F2N6O2/c22-13-3-4-16(23)15(10-13)18-2-1-7-28(18)19-6-9-29-20(26-19)17(11-24-29)25-21(31)27-8-5-14(30)12-27/h3-4,6,9-11,14,18,30H,1-2,5,7-8,12H2,(H,25,31)/t14-,18+/m0/s1/i5D2,14D. The highest BCUT2D eigenvalue weighted by Gasteiger charge is 2.30. The zero-order valence-electron chi connectivity index (χ0n) is 19.4. The van der Waals surface area contributed by atoms with Crippen molar-refractivity contribution in [2.24, 2.45) is 0 Å². The minimum absolute atomic E-state index is 0.250. The summed E-state index contributed by atoms with van der Waals surface area (Å²) < 4.78 is 52.9. The van der Waals surface area contributed by atoms with Crippen molar-refractivity contribution < 1.29 is 22.8 Å². The lowest BCUT2D eigenvalue weighted by molar-refractivity contribution is 0.176. The predicted octanol–water partition coefficient (Wildman–Crippen LogP) is 2.95. The van der Waals surface area contributed by atoms with Crippen LogP contribution in [0.3, 0.4) is 0 Å². The third-order valence-corrected chi connectivity index (χ3v) is 5.56. The Morgan fingerprint density at radius 1 is 1.32 bits per heavy atom. The van der Waals surface area contributed by atoms with Crippen LogP contribution in [0.4, 0.5) is 25.1 Å². The number of nitrogens with zero attached hydrogens (tertiary/aromatic N) is 5. The molecule has 2 N–H and O–H groups in total. The summed E-state index contributed by atoms with van der Waals surface area (Å²) >= 11 is 0. The van der Waals surface area contributed by atoms with Gasteiger partial charge in [0.05, 0.1) is 19.7 Å². The van der Waals surface area contributed by atoms with Crippen LogP contribution in [-0.4, -0.2) is 56.3 Å². The molecule has 2 aromatic heterocycles. The lowest BCUT2D eigenvalue weighted by atomic mass is 10.0. The van der Waals surface area contributed by atoms with Gasteiger partial charge in [0.25, 0.3) is 0 Å². The van der Waals surface area contributed by atoms with Crippen molar-refractivity contribution in [3.63, 3.8) is 0 Å². The first-order valence-corrected chi connectivity index (χ1v) is 9.90. The molecular formula is C21H22F2N6O2. The average molecular weight is 431 g/mol. The van der Waals surface area contributed by atoms with Crippen molar-refractivity contribution in [1.29, 1.82) is 0 Å². The molecule has 2 fully saturated rings. The Bertz CT molecular complexity index is 1250. The normalized spacial score (nSPS) is 26.7. The second-order valence-electron chi connectivity index (χ2n) is 7.54. The van der Waals surface area contributed by atoms with Crippen molar-refractivity contribution in [2.75, 3.05) is 29.9 Å². The number of aromatic nitrogens is 3. The first-order valence-electron chi connectivity index (χ1n) is 11.4. The fraction of sp³-hybridized carbons (Fsp3) is 0.381. The minimum Gasteiger partial charge on any atom is -0.391 e. The lowest BCUT2D eigenvalue weighted by Gasteiger charge is -2.26. The zero-order valence-corrected chi connectivity index (χ0v) is 16.4. The number of nitrogens with one attached hydrogen (secondary N) is 1. The van der Waals surface area contributed by atoms with Gasteiger partial charge in [-0.15, -0.1) is 0 Å². The maximum atomic E-state index is 14.4. The Kier molecular flexibility index (Phi) is 4.12. The molecule has 2 aliphatic heterocycles. The first kappa shape index (κ1) is 16.4. The largest absolute Gasteiger partial charge is 0.391 e. The Morgan fingerprint density at radius 3 is 3.00 bits per heavy atom. The maximum Gasteiger partial charge on any atom is 0.322 e. The average Bonchev–Trinajstić information content (AvgIpc) is 3.46. The van der Waals surface area contributed by atoms with Gasteiger partial charge in [0, 0.05) is 34.1 Å². The third kappa shape index (κ3) is 3.67. The molecule has 31 heavy (non-hydrogen) atoms. The Hall–Kier alpha value is -3.27. The molecule has 2 aliphatic rings. The van der Waals surface area contributed by atoms with E-state index in [0.29, 0.717) is 24.4 Å². The van der Waals surface area contributed by atoms with E-state index in [0.717, 1.165) is 23.5 Å². The summed E-state index contributed by atoms with van der Waals surface area (Å²) in [7, 11) is 0. The molecule has 0 saturated carbocycles. The lowest BCUT2D eigenvalue weighted by Crippen LogP contribution is -2.33. The zero-order chi connectivity index (χ0) is 24.3. The predicted molar refractivity (Wildman–Crippen MR) is 110 cm³/mol. The summed E-state index contributed by atoms with van der Waals surface area (Å²) in [5.41, 5.74) is 0.812. The quantitative estimate of drug-likeness (QED) is 0.666. The molecule has 2 atom stereocenters. The van der Waals surface area contributed by atoms with Crippen LogP contribution in [0.1, 0.15) is 34.9 Å². The van der Waals surface area contributed by atoms with Crippen molar-refractivity contribution in [3.8, 4) is 0 Å². The van der Waals surface area contributed by atoms with Crippen LogP contribution >= 0.6 is 0 Å². The van der Waals surface area contributed by atoms with E-state index in [4.69, 9.17) is 4.11 Å². The fourth-order valence-corrected chi connectivity index (χ4v) is 4.06. The highest BCUT2D eigenvalue weighted by atomic mass is 19.1. The number of β-amino-alcohol motifs (C(OH)–C–C–N with tert-alkyl or cyclic N) is 1. The van der Waals surface area contributed by atoms with Crippen molar-refractivity contribution in [2.45, 2.75) is 31.3 Å². The van der Waals surface area contributed by atoms with E-state index in [2.05, 4.69) is 15.4 Å². The maximum absolute atomic E-state index is 14.4. The molecule has 3 aromatic rings. The van der Waals surface area contributed by atoms with Gasteiger partial charge in [-0.3, -0.25) is 0 Å². The van der Waals surface area contributed by atoms with Gasteiger partial charge in [0.1, 0.15) is 23.1 Å². The fourth-order valence-electron chi connectivity index (χ4n) is 4.06. The van der Waals surface area contributed by atoms with E-state index < -0.39 is 49.2 Å². The SMILES string of the molecule is [2H]C1([2H])CN(C(=O)Nc2cnn3ccc(N4CCC[C@@H]4c4cc(F)ccc4F)nc23)C[C@@]1([2H])O. The van der Waals surface area contributed by atoms with Crippen LogP contribution in [0.5, 0.6) is 0 Å². The number of urea groups is 1. The van der Waals surface area contributed by atoms with Crippen LogP contribution in [0.2, 0.25) is 0 Å². The second kappa shape index (κ2) is 7.77. The summed E-state index contributed by atoms with van der Waals surface area (Å²) in [6, 6.07) is 4.00. The van der Waals surface area contributed by atoms with E-state index in [1.807, 2.05) is 4.90 Å². The summed E-state index contributed by atoms with van der Waals surface area (Å²) in [5.74, 6) is -0.498.